The van der Waals surface area contributed by atoms with E-state index >= 15 is 0 Å². The van der Waals surface area contributed by atoms with Gasteiger partial charge in [-0.15, -0.1) is 0 Å². The molecule has 5 nitrogen and oxygen atoms in total. The molecule has 0 radical (unpaired) electrons. The van der Waals surface area contributed by atoms with Crippen LogP contribution in [0.1, 0.15) is 17.3 Å². The predicted octanol–water partition coefficient (Wildman–Crippen LogP) is 0.805. The first-order valence-corrected chi connectivity index (χ1v) is 5.77. The van der Waals surface area contributed by atoms with Crippen molar-refractivity contribution < 1.29 is 4.79 Å². The van der Waals surface area contributed by atoms with Gasteiger partial charge in [0.15, 0.2) is 0 Å². The van der Waals surface area contributed by atoms with Crippen molar-refractivity contribution in [2.75, 3.05) is 39.0 Å². The molecule has 0 bridgehead atoms. The molecule has 0 aliphatic carbocycles. The standard InChI is InChI=1S/C12H20N4O/c1-4-16(3)8-7-15-12(17)10-5-6-14-9-11(10)13-2/h5-6,9,13H,4,7-8H2,1-3H3,(H,15,17). The number of aromatic nitrogens is 1. The van der Waals surface area contributed by atoms with E-state index < -0.39 is 0 Å². The van der Waals surface area contributed by atoms with Crippen LogP contribution in [0.15, 0.2) is 18.5 Å². The lowest BCUT2D eigenvalue weighted by atomic mass is 10.2. The maximum atomic E-state index is 11.9. The minimum atomic E-state index is -0.0683. The molecule has 1 aromatic rings. The van der Waals surface area contributed by atoms with E-state index in [0.29, 0.717) is 12.1 Å². The van der Waals surface area contributed by atoms with Crippen LogP contribution in [0.2, 0.25) is 0 Å². The Bertz CT molecular complexity index is 367. The van der Waals surface area contributed by atoms with Gasteiger partial charge in [0, 0.05) is 26.3 Å². The molecule has 5 heteroatoms. The molecular formula is C12H20N4O. The lowest BCUT2D eigenvalue weighted by Gasteiger charge is -2.14. The minimum Gasteiger partial charge on any atom is -0.386 e. The van der Waals surface area contributed by atoms with Gasteiger partial charge in [-0.2, -0.15) is 0 Å². The first-order valence-electron chi connectivity index (χ1n) is 5.77. The molecular weight excluding hydrogens is 216 g/mol. The van der Waals surface area contributed by atoms with Crippen molar-refractivity contribution in [2.45, 2.75) is 6.92 Å². The first kappa shape index (κ1) is 13.4. The topological polar surface area (TPSA) is 57.3 Å². The Labute approximate surface area is 102 Å². The molecule has 0 spiro atoms. The van der Waals surface area contributed by atoms with Crippen LogP contribution in [0.25, 0.3) is 0 Å². The molecule has 1 aromatic heterocycles. The number of nitrogens with one attached hydrogen (secondary N) is 2. The molecule has 0 aromatic carbocycles. The van der Waals surface area contributed by atoms with E-state index in [1.54, 1.807) is 25.5 Å². The highest BCUT2D eigenvalue weighted by Gasteiger charge is 2.09. The Hall–Kier alpha value is -1.62. The Morgan fingerprint density at radius 3 is 2.94 bits per heavy atom. The summed E-state index contributed by atoms with van der Waals surface area (Å²) in [6.07, 6.45) is 3.26. The van der Waals surface area contributed by atoms with Crippen LogP contribution < -0.4 is 10.6 Å². The summed E-state index contributed by atoms with van der Waals surface area (Å²) < 4.78 is 0. The number of carbonyl (C=O) groups is 1. The molecule has 2 N–H and O–H groups in total. The van der Waals surface area contributed by atoms with E-state index in [9.17, 15) is 4.79 Å². The van der Waals surface area contributed by atoms with Gasteiger partial charge in [0.1, 0.15) is 0 Å². The Morgan fingerprint density at radius 1 is 1.53 bits per heavy atom. The molecule has 0 aliphatic rings. The molecule has 0 saturated heterocycles. The minimum absolute atomic E-state index is 0.0683. The molecule has 1 heterocycles. The SMILES string of the molecule is CCN(C)CCNC(=O)c1ccncc1NC. The highest BCUT2D eigenvalue weighted by atomic mass is 16.1. The monoisotopic (exact) mass is 236 g/mol. The quantitative estimate of drug-likeness (QED) is 0.767. The van der Waals surface area contributed by atoms with Gasteiger partial charge in [-0.3, -0.25) is 9.78 Å². The van der Waals surface area contributed by atoms with Crippen LogP contribution in [0.3, 0.4) is 0 Å². The van der Waals surface area contributed by atoms with Crippen molar-refractivity contribution in [2.24, 2.45) is 0 Å². The lowest BCUT2D eigenvalue weighted by Crippen LogP contribution is -2.33. The van der Waals surface area contributed by atoms with Crippen LogP contribution in [0.4, 0.5) is 5.69 Å². The average molecular weight is 236 g/mol. The van der Waals surface area contributed by atoms with Crippen molar-refractivity contribution in [1.82, 2.24) is 15.2 Å². The van der Waals surface area contributed by atoms with Gasteiger partial charge >= 0.3 is 0 Å². The Balaban J connectivity index is 2.52. The molecule has 1 amide bonds. The number of pyridine rings is 1. The molecule has 17 heavy (non-hydrogen) atoms. The van der Waals surface area contributed by atoms with E-state index in [2.05, 4.69) is 27.4 Å². The summed E-state index contributed by atoms with van der Waals surface area (Å²) in [7, 11) is 3.80. The number of hydrogen-bond acceptors (Lipinski definition) is 4. The Morgan fingerprint density at radius 2 is 2.29 bits per heavy atom. The second-order valence-electron chi connectivity index (χ2n) is 3.82. The summed E-state index contributed by atoms with van der Waals surface area (Å²) in [4.78, 5) is 18.0. The van der Waals surface area contributed by atoms with Gasteiger partial charge in [0.05, 0.1) is 17.4 Å². The lowest BCUT2D eigenvalue weighted by molar-refractivity contribution is 0.0951. The van der Waals surface area contributed by atoms with Crippen molar-refractivity contribution in [3.05, 3.63) is 24.0 Å². The third-order valence-electron chi connectivity index (χ3n) is 2.65. The highest BCUT2D eigenvalue weighted by molar-refractivity contribution is 5.99. The van der Waals surface area contributed by atoms with Gasteiger partial charge in [-0.1, -0.05) is 6.92 Å². The fourth-order valence-corrected chi connectivity index (χ4v) is 1.41. The van der Waals surface area contributed by atoms with Crippen molar-refractivity contribution in [1.29, 1.82) is 0 Å². The zero-order chi connectivity index (χ0) is 12.7. The predicted molar refractivity (Wildman–Crippen MR) is 69.3 cm³/mol. The van der Waals surface area contributed by atoms with E-state index in [4.69, 9.17) is 0 Å². The molecule has 1 rings (SSSR count). The van der Waals surface area contributed by atoms with Crippen LogP contribution in [-0.2, 0) is 0 Å². The van der Waals surface area contributed by atoms with E-state index in [1.807, 2.05) is 7.05 Å². The first-order chi connectivity index (χ1) is 8.19. The van der Waals surface area contributed by atoms with Crippen molar-refractivity contribution >= 4 is 11.6 Å². The number of likely N-dealkylation sites (N-methyl/N-ethyl adjacent to an activating group) is 1. The second-order valence-corrected chi connectivity index (χ2v) is 3.82. The summed E-state index contributed by atoms with van der Waals surface area (Å²) in [5.74, 6) is -0.0683. The van der Waals surface area contributed by atoms with E-state index in [1.165, 1.54) is 0 Å². The van der Waals surface area contributed by atoms with E-state index in [-0.39, 0.29) is 5.91 Å². The number of hydrogen-bond donors (Lipinski definition) is 2. The maximum absolute atomic E-state index is 11.9. The number of rotatable bonds is 6. The van der Waals surface area contributed by atoms with Crippen LogP contribution in [0.5, 0.6) is 0 Å². The van der Waals surface area contributed by atoms with Crippen LogP contribution >= 0.6 is 0 Å². The van der Waals surface area contributed by atoms with E-state index in [0.717, 1.165) is 18.8 Å². The zero-order valence-electron chi connectivity index (χ0n) is 10.7. The average Bonchev–Trinajstić information content (AvgIpc) is 2.38. The fourth-order valence-electron chi connectivity index (χ4n) is 1.41. The van der Waals surface area contributed by atoms with Gasteiger partial charge in [-0.25, -0.2) is 0 Å². The van der Waals surface area contributed by atoms with Crippen molar-refractivity contribution in [3.63, 3.8) is 0 Å². The van der Waals surface area contributed by atoms with Crippen molar-refractivity contribution in [3.8, 4) is 0 Å². The second kappa shape index (κ2) is 6.85. The molecule has 94 valence electrons. The third-order valence-corrected chi connectivity index (χ3v) is 2.65. The summed E-state index contributed by atoms with van der Waals surface area (Å²) in [6, 6.07) is 1.71. The zero-order valence-corrected chi connectivity index (χ0v) is 10.7. The number of nitrogens with zero attached hydrogens (tertiary/aromatic N) is 2. The molecule has 0 aliphatic heterocycles. The molecule has 0 unspecified atom stereocenters. The molecule has 0 saturated carbocycles. The summed E-state index contributed by atoms with van der Waals surface area (Å²) in [5.41, 5.74) is 1.37. The molecule has 0 atom stereocenters. The highest BCUT2D eigenvalue weighted by Crippen LogP contribution is 2.11. The normalized spacial score (nSPS) is 10.4. The smallest absolute Gasteiger partial charge is 0.253 e. The molecule has 0 fully saturated rings. The summed E-state index contributed by atoms with van der Waals surface area (Å²) in [5, 5.41) is 5.84. The fraction of sp³-hybridized carbons (Fsp3) is 0.500. The third kappa shape index (κ3) is 4.03. The van der Waals surface area contributed by atoms with Gasteiger partial charge in [-0.05, 0) is 19.7 Å². The summed E-state index contributed by atoms with van der Waals surface area (Å²) in [6.45, 7) is 4.56. The van der Waals surface area contributed by atoms with Gasteiger partial charge in [0.25, 0.3) is 5.91 Å². The van der Waals surface area contributed by atoms with Crippen LogP contribution in [-0.4, -0.2) is 49.5 Å². The van der Waals surface area contributed by atoms with Gasteiger partial charge < -0.3 is 15.5 Å². The summed E-state index contributed by atoms with van der Waals surface area (Å²) >= 11 is 0. The number of amides is 1. The maximum Gasteiger partial charge on any atom is 0.253 e. The Kier molecular flexibility index (Phi) is 5.42. The van der Waals surface area contributed by atoms with Crippen LogP contribution in [0, 0.1) is 0 Å². The number of anilines is 1. The van der Waals surface area contributed by atoms with Gasteiger partial charge in [0.2, 0.25) is 0 Å². The number of carbonyl (C=O) groups excluding carboxylic acids is 1. The largest absolute Gasteiger partial charge is 0.386 e.